The fourth-order valence-corrected chi connectivity index (χ4v) is 5.94. The number of hydrazone groups is 1. The van der Waals surface area contributed by atoms with Crippen LogP contribution in [0.3, 0.4) is 0 Å². The van der Waals surface area contributed by atoms with Crippen LogP contribution in [0.1, 0.15) is 28.1 Å². The third-order valence-corrected chi connectivity index (χ3v) is 8.55. The molecule has 4 rings (SSSR count). The van der Waals surface area contributed by atoms with Crippen LogP contribution in [0, 0.1) is 20.8 Å². The molecule has 10 heteroatoms. The Morgan fingerprint density at radius 1 is 0.974 bits per heavy atom. The summed E-state index contributed by atoms with van der Waals surface area (Å²) in [4.78, 5) is 13.0. The minimum Gasteiger partial charge on any atom is -0.316 e. The van der Waals surface area contributed by atoms with E-state index in [9.17, 15) is 13.2 Å². The Morgan fingerprint density at radius 3 is 2.36 bits per heavy atom. The minimum atomic E-state index is -3.94. The van der Waals surface area contributed by atoms with Crippen molar-refractivity contribution in [3.63, 3.8) is 0 Å². The Balaban J connectivity index is 1.53. The number of rotatable bonds is 9. The number of nitrogens with zero attached hydrogens (tertiary/aromatic N) is 3. The number of halogens is 2. The number of benzene rings is 3. The van der Waals surface area contributed by atoms with E-state index in [0.717, 1.165) is 38.1 Å². The molecular formula is C29H28Cl2N4O3S. The van der Waals surface area contributed by atoms with Crippen LogP contribution >= 0.6 is 23.2 Å². The lowest BCUT2D eigenvalue weighted by atomic mass is 10.2. The molecule has 1 N–H and O–H groups in total. The summed E-state index contributed by atoms with van der Waals surface area (Å²) in [6, 6.07) is 22.8. The van der Waals surface area contributed by atoms with Gasteiger partial charge in [0.05, 0.1) is 28.4 Å². The van der Waals surface area contributed by atoms with E-state index in [1.165, 1.54) is 6.21 Å². The molecule has 0 fully saturated rings. The van der Waals surface area contributed by atoms with Gasteiger partial charge in [-0.25, -0.2) is 13.8 Å². The van der Waals surface area contributed by atoms with Crippen LogP contribution in [-0.4, -0.2) is 36.0 Å². The van der Waals surface area contributed by atoms with Gasteiger partial charge in [-0.05, 0) is 62.7 Å². The number of carbonyl (C=O) groups is 1. The van der Waals surface area contributed by atoms with Crippen LogP contribution in [0.2, 0.25) is 10.0 Å². The number of hydrogen-bond acceptors (Lipinski definition) is 4. The van der Waals surface area contributed by atoms with E-state index in [1.807, 2.05) is 61.7 Å². The van der Waals surface area contributed by atoms with Crippen LogP contribution in [0.25, 0.3) is 5.69 Å². The largest absolute Gasteiger partial charge is 0.316 e. The van der Waals surface area contributed by atoms with Gasteiger partial charge in [-0.2, -0.15) is 9.41 Å². The molecule has 0 saturated heterocycles. The van der Waals surface area contributed by atoms with Crippen molar-refractivity contribution >= 4 is 45.3 Å². The van der Waals surface area contributed by atoms with Crippen LogP contribution < -0.4 is 5.43 Å². The lowest BCUT2D eigenvalue weighted by Crippen LogP contribution is -2.39. The molecule has 0 bridgehead atoms. The normalized spacial score (nSPS) is 11.8. The van der Waals surface area contributed by atoms with Crippen molar-refractivity contribution < 1.29 is 13.2 Å². The van der Waals surface area contributed by atoms with Gasteiger partial charge in [-0.3, -0.25) is 4.79 Å². The van der Waals surface area contributed by atoms with Crippen molar-refractivity contribution in [2.45, 2.75) is 32.2 Å². The molecule has 7 nitrogen and oxygen atoms in total. The Morgan fingerprint density at radius 2 is 1.67 bits per heavy atom. The number of carbonyl (C=O) groups excluding carboxylic acids is 1. The van der Waals surface area contributed by atoms with E-state index in [4.69, 9.17) is 23.2 Å². The highest BCUT2D eigenvalue weighted by Gasteiger charge is 2.27. The highest BCUT2D eigenvalue weighted by atomic mass is 35.5. The molecule has 0 unspecified atom stereocenters. The van der Waals surface area contributed by atoms with Crippen molar-refractivity contribution in [2.24, 2.45) is 5.10 Å². The Bertz CT molecular complexity index is 1620. The van der Waals surface area contributed by atoms with Crippen molar-refractivity contribution in [2.75, 3.05) is 6.54 Å². The summed E-state index contributed by atoms with van der Waals surface area (Å²) in [5.74, 6) is -0.565. The summed E-state index contributed by atoms with van der Waals surface area (Å²) in [6.07, 6.45) is 1.52. The standard InChI is InChI=1S/C29H28Cl2N4O3S/c1-20-9-12-26(13-10-20)39(37,38)34(18-23-7-5-4-6-8-23)19-29(36)33-32-17-24-15-21(2)35(22(24)3)28-16-25(30)11-14-27(28)31/h4-17H,18-19H2,1-3H3,(H,33,36)/b32-17+. The smallest absolute Gasteiger partial charge is 0.255 e. The molecule has 0 aliphatic rings. The molecule has 0 radical (unpaired) electrons. The molecule has 202 valence electrons. The minimum absolute atomic E-state index is 0.0374. The van der Waals surface area contributed by atoms with E-state index in [0.29, 0.717) is 10.0 Å². The van der Waals surface area contributed by atoms with Gasteiger partial charge < -0.3 is 4.57 Å². The summed E-state index contributed by atoms with van der Waals surface area (Å²) in [7, 11) is -3.94. The monoisotopic (exact) mass is 582 g/mol. The van der Waals surface area contributed by atoms with Crippen molar-refractivity contribution in [3.05, 3.63) is 117 Å². The lowest BCUT2D eigenvalue weighted by Gasteiger charge is -2.21. The average Bonchev–Trinajstić information content (AvgIpc) is 3.18. The molecule has 0 aliphatic heterocycles. The van der Waals surface area contributed by atoms with Gasteiger partial charge in [0.25, 0.3) is 5.91 Å². The van der Waals surface area contributed by atoms with Gasteiger partial charge in [0, 0.05) is 28.5 Å². The van der Waals surface area contributed by atoms with Crippen molar-refractivity contribution in [1.82, 2.24) is 14.3 Å². The van der Waals surface area contributed by atoms with E-state index in [2.05, 4.69) is 10.5 Å². The molecule has 0 spiro atoms. The summed E-state index contributed by atoms with van der Waals surface area (Å²) in [5.41, 5.74) is 7.42. The van der Waals surface area contributed by atoms with Gasteiger partial charge in [0.1, 0.15) is 0 Å². The second kappa shape index (κ2) is 12.2. The average molecular weight is 584 g/mol. The SMILES string of the molecule is Cc1ccc(S(=O)(=O)N(CC(=O)N/N=C/c2cc(C)n(-c3cc(Cl)ccc3Cl)c2C)Cc2ccccc2)cc1. The van der Waals surface area contributed by atoms with Crippen molar-refractivity contribution in [3.8, 4) is 5.69 Å². The van der Waals surface area contributed by atoms with E-state index < -0.39 is 22.5 Å². The van der Waals surface area contributed by atoms with Crippen LogP contribution in [0.4, 0.5) is 0 Å². The predicted octanol–water partition coefficient (Wildman–Crippen LogP) is 6.05. The second-order valence-electron chi connectivity index (χ2n) is 9.12. The summed E-state index contributed by atoms with van der Waals surface area (Å²) in [6.45, 7) is 5.35. The van der Waals surface area contributed by atoms with Gasteiger partial charge in [-0.1, -0.05) is 71.2 Å². The first-order chi connectivity index (χ1) is 18.6. The lowest BCUT2D eigenvalue weighted by molar-refractivity contribution is -0.121. The zero-order valence-electron chi connectivity index (χ0n) is 21.7. The fourth-order valence-electron chi connectivity index (χ4n) is 4.19. The van der Waals surface area contributed by atoms with Crippen LogP contribution in [0.5, 0.6) is 0 Å². The molecule has 0 aliphatic carbocycles. The van der Waals surface area contributed by atoms with Gasteiger partial charge in [-0.15, -0.1) is 0 Å². The Kier molecular flexibility index (Phi) is 8.92. The second-order valence-corrected chi connectivity index (χ2v) is 11.9. The number of aryl methyl sites for hydroxylation is 2. The maximum atomic E-state index is 13.4. The van der Waals surface area contributed by atoms with Crippen LogP contribution in [0.15, 0.2) is 88.9 Å². The van der Waals surface area contributed by atoms with E-state index in [1.54, 1.807) is 42.5 Å². The molecular weight excluding hydrogens is 555 g/mol. The Labute approximate surface area is 238 Å². The first-order valence-electron chi connectivity index (χ1n) is 12.1. The third kappa shape index (κ3) is 6.78. The van der Waals surface area contributed by atoms with Gasteiger partial charge in [0.2, 0.25) is 10.0 Å². The highest BCUT2D eigenvalue weighted by molar-refractivity contribution is 7.89. The number of hydrogen-bond donors (Lipinski definition) is 1. The van der Waals surface area contributed by atoms with E-state index in [-0.39, 0.29) is 11.4 Å². The summed E-state index contributed by atoms with van der Waals surface area (Å²) >= 11 is 12.6. The van der Waals surface area contributed by atoms with Crippen LogP contribution in [-0.2, 0) is 21.4 Å². The molecule has 39 heavy (non-hydrogen) atoms. The molecule has 1 aromatic heterocycles. The molecule has 1 amide bonds. The van der Waals surface area contributed by atoms with Crippen molar-refractivity contribution in [1.29, 1.82) is 0 Å². The van der Waals surface area contributed by atoms with Gasteiger partial charge in [0.15, 0.2) is 0 Å². The quantitative estimate of drug-likeness (QED) is 0.192. The topological polar surface area (TPSA) is 83.8 Å². The third-order valence-electron chi connectivity index (χ3n) is 6.19. The maximum absolute atomic E-state index is 13.4. The number of amides is 1. The fraction of sp³-hybridized carbons (Fsp3) is 0.172. The molecule has 0 saturated carbocycles. The summed E-state index contributed by atoms with van der Waals surface area (Å²) < 4.78 is 30.0. The molecule has 3 aromatic carbocycles. The number of nitrogens with one attached hydrogen (secondary N) is 1. The zero-order valence-corrected chi connectivity index (χ0v) is 24.1. The zero-order chi connectivity index (χ0) is 28.2. The molecule has 4 aromatic rings. The molecule has 0 atom stereocenters. The molecule has 1 heterocycles. The first-order valence-corrected chi connectivity index (χ1v) is 14.3. The highest BCUT2D eigenvalue weighted by Crippen LogP contribution is 2.28. The number of aromatic nitrogens is 1. The summed E-state index contributed by atoms with van der Waals surface area (Å²) in [5, 5.41) is 5.21. The maximum Gasteiger partial charge on any atom is 0.255 e. The predicted molar refractivity (Wildman–Crippen MR) is 156 cm³/mol. The first kappa shape index (κ1) is 28.6. The van der Waals surface area contributed by atoms with E-state index >= 15 is 0 Å². The number of sulfonamides is 1. The van der Waals surface area contributed by atoms with Gasteiger partial charge >= 0.3 is 0 Å². The Hall–Kier alpha value is -3.43.